The van der Waals surface area contributed by atoms with Crippen molar-refractivity contribution in [1.82, 2.24) is 25.2 Å². The minimum Gasteiger partial charge on any atom is -0.389 e. The fraction of sp³-hybridized carbons (Fsp3) is 0.480. The second-order valence-electron chi connectivity index (χ2n) is 9.68. The van der Waals surface area contributed by atoms with E-state index in [1.807, 2.05) is 0 Å². The van der Waals surface area contributed by atoms with E-state index in [0.29, 0.717) is 43.7 Å². The van der Waals surface area contributed by atoms with Gasteiger partial charge in [-0.2, -0.15) is 18.3 Å². The highest BCUT2D eigenvalue weighted by Crippen LogP contribution is 2.34. The van der Waals surface area contributed by atoms with Crippen molar-refractivity contribution >= 4 is 17.2 Å². The Labute approximate surface area is 215 Å². The minimum absolute atomic E-state index is 0.0922. The molecular formula is C25H28F4N6O3. The van der Waals surface area contributed by atoms with Crippen LogP contribution in [0.15, 0.2) is 36.8 Å². The zero-order valence-corrected chi connectivity index (χ0v) is 20.6. The van der Waals surface area contributed by atoms with Gasteiger partial charge in [-0.15, -0.1) is 0 Å². The van der Waals surface area contributed by atoms with Crippen LogP contribution in [-0.2, 0) is 10.9 Å². The molecule has 1 aromatic carbocycles. The summed E-state index contributed by atoms with van der Waals surface area (Å²) in [6.07, 6.45) is -0.920. The van der Waals surface area contributed by atoms with E-state index in [4.69, 9.17) is 4.74 Å². The number of nitrogens with zero attached hydrogens (tertiary/aromatic N) is 4. The van der Waals surface area contributed by atoms with E-state index >= 15 is 0 Å². The molecule has 13 heteroatoms. The van der Waals surface area contributed by atoms with Crippen LogP contribution in [0, 0.1) is 5.82 Å². The number of fused-ring (bicyclic) bond motifs is 1. The van der Waals surface area contributed by atoms with E-state index in [0.717, 1.165) is 18.9 Å². The molecule has 0 saturated carbocycles. The Balaban J connectivity index is 1.31. The molecule has 9 nitrogen and oxygen atoms in total. The summed E-state index contributed by atoms with van der Waals surface area (Å²) in [7, 11) is 0. The summed E-state index contributed by atoms with van der Waals surface area (Å²) in [4.78, 5) is 19.5. The fourth-order valence-corrected chi connectivity index (χ4v) is 5.02. The number of pyridine rings is 1. The molecule has 0 radical (unpaired) electrons. The van der Waals surface area contributed by atoms with Gasteiger partial charge >= 0.3 is 6.18 Å². The number of aliphatic hydroxyl groups excluding tert-OH is 1. The maximum Gasteiger partial charge on any atom is 0.419 e. The lowest BCUT2D eigenvalue weighted by Gasteiger charge is -2.35. The first-order valence-corrected chi connectivity index (χ1v) is 12.4. The van der Waals surface area contributed by atoms with Gasteiger partial charge in [0.05, 0.1) is 48.2 Å². The second-order valence-corrected chi connectivity index (χ2v) is 9.68. The third-order valence-electron chi connectivity index (χ3n) is 7.10. The average molecular weight is 537 g/mol. The van der Waals surface area contributed by atoms with Crippen LogP contribution in [0.25, 0.3) is 5.65 Å². The van der Waals surface area contributed by atoms with Crippen LogP contribution in [-0.4, -0.2) is 70.1 Å². The van der Waals surface area contributed by atoms with Crippen molar-refractivity contribution in [2.75, 3.05) is 31.2 Å². The van der Waals surface area contributed by atoms with Crippen LogP contribution in [0.2, 0.25) is 0 Å². The van der Waals surface area contributed by atoms with Crippen molar-refractivity contribution in [3.05, 3.63) is 59.3 Å². The number of alkyl halides is 3. The number of rotatable bonds is 6. The Kier molecular flexibility index (Phi) is 7.25. The van der Waals surface area contributed by atoms with Gasteiger partial charge in [-0.05, 0) is 31.9 Å². The largest absolute Gasteiger partial charge is 0.419 e. The van der Waals surface area contributed by atoms with Crippen molar-refractivity contribution in [2.45, 2.75) is 50.2 Å². The number of aromatic nitrogens is 3. The van der Waals surface area contributed by atoms with Gasteiger partial charge in [0.15, 0.2) is 5.65 Å². The summed E-state index contributed by atoms with van der Waals surface area (Å²) in [5.74, 6) is -1.99. The summed E-state index contributed by atoms with van der Waals surface area (Å²) in [6, 6.07) is 3.76. The summed E-state index contributed by atoms with van der Waals surface area (Å²) < 4.78 is 60.8. The van der Waals surface area contributed by atoms with Gasteiger partial charge in [-0.1, -0.05) is 12.1 Å². The number of carbonyl (C=O) groups excluding carboxylic acids is 1. The summed E-state index contributed by atoms with van der Waals surface area (Å²) in [5, 5.41) is 20.2. The highest BCUT2D eigenvalue weighted by molar-refractivity contribution is 5.96. The molecule has 204 valence electrons. The Hall–Kier alpha value is -3.29. The molecule has 5 rings (SSSR count). The smallest absolute Gasteiger partial charge is 0.389 e. The predicted molar refractivity (Wildman–Crippen MR) is 129 cm³/mol. The maximum atomic E-state index is 14.6. The van der Waals surface area contributed by atoms with Gasteiger partial charge in [-0.3, -0.25) is 4.79 Å². The summed E-state index contributed by atoms with van der Waals surface area (Å²) in [6.45, 7) is 3.56. The van der Waals surface area contributed by atoms with Crippen molar-refractivity contribution in [2.24, 2.45) is 0 Å². The third-order valence-corrected chi connectivity index (χ3v) is 7.10. The quantitative estimate of drug-likeness (QED) is 0.417. The number of aliphatic hydroxyl groups is 1. The van der Waals surface area contributed by atoms with E-state index in [1.54, 1.807) is 6.07 Å². The topological polar surface area (TPSA) is 104 Å². The van der Waals surface area contributed by atoms with Gasteiger partial charge in [-0.25, -0.2) is 13.9 Å². The molecule has 4 heterocycles. The molecule has 0 aliphatic carbocycles. The normalized spacial score (nSPS) is 21.7. The molecule has 2 aromatic heterocycles. The molecule has 3 atom stereocenters. The highest BCUT2D eigenvalue weighted by atomic mass is 19.4. The van der Waals surface area contributed by atoms with Crippen LogP contribution >= 0.6 is 0 Å². The monoisotopic (exact) mass is 536 g/mol. The van der Waals surface area contributed by atoms with Crippen molar-refractivity contribution in [3.8, 4) is 0 Å². The van der Waals surface area contributed by atoms with Crippen LogP contribution in [0.5, 0.6) is 0 Å². The molecule has 0 spiro atoms. The zero-order chi connectivity index (χ0) is 27.0. The number of carbonyl (C=O) groups is 1. The first-order valence-electron chi connectivity index (χ1n) is 12.4. The number of piperidine rings is 1. The number of amides is 1. The van der Waals surface area contributed by atoms with Gasteiger partial charge < -0.3 is 25.4 Å². The van der Waals surface area contributed by atoms with Crippen molar-refractivity contribution in [3.63, 3.8) is 0 Å². The first-order chi connectivity index (χ1) is 18.1. The molecule has 3 aromatic rings. The van der Waals surface area contributed by atoms with Crippen LogP contribution in [0.3, 0.4) is 0 Å². The minimum atomic E-state index is -4.84. The number of anilines is 1. The Morgan fingerprint density at radius 3 is 2.68 bits per heavy atom. The van der Waals surface area contributed by atoms with Gasteiger partial charge in [0.2, 0.25) is 0 Å². The number of ether oxygens (including phenoxy) is 1. The van der Waals surface area contributed by atoms with Gasteiger partial charge in [0, 0.05) is 30.9 Å². The molecule has 2 fully saturated rings. The Bertz CT molecular complexity index is 1310. The lowest BCUT2D eigenvalue weighted by atomic mass is 10.0. The number of nitrogens with one attached hydrogen (secondary N) is 2. The van der Waals surface area contributed by atoms with E-state index in [2.05, 4.69) is 25.6 Å². The molecular weight excluding hydrogens is 508 g/mol. The van der Waals surface area contributed by atoms with E-state index in [9.17, 15) is 27.5 Å². The van der Waals surface area contributed by atoms with Crippen LogP contribution < -0.4 is 15.5 Å². The maximum absolute atomic E-state index is 14.6. The van der Waals surface area contributed by atoms with Crippen LogP contribution in [0.4, 0.5) is 23.2 Å². The molecule has 1 amide bonds. The molecule has 2 aliphatic heterocycles. The molecule has 3 N–H and O–H groups in total. The average Bonchev–Trinajstić information content (AvgIpc) is 3.52. The summed E-state index contributed by atoms with van der Waals surface area (Å²) in [5.41, 5.74) is -0.179. The fourth-order valence-electron chi connectivity index (χ4n) is 5.02. The summed E-state index contributed by atoms with van der Waals surface area (Å²) >= 11 is 0. The number of hydrogen-bond acceptors (Lipinski definition) is 7. The Morgan fingerprint density at radius 1 is 1.24 bits per heavy atom. The van der Waals surface area contributed by atoms with E-state index in [-0.39, 0.29) is 23.2 Å². The van der Waals surface area contributed by atoms with Gasteiger partial charge in [0.1, 0.15) is 12.1 Å². The highest BCUT2D eigenvalue weighted by Gasteiger charge is 2.35. The second kappa shape index (κ2) is 10.5. The lowest BCUT2D eigenvalue weighted by molar-refractivity contribution is -0.140. The molecule has 2 saturated heterocycles. The zero-order valence-electron chi connectivity index (χ0n) is 20.6. The van der Waals surface area contributed by atoms with Crippen molar-refractivity contribution in [1.29, 1.82) is 0 Å². The van der Waals surface area contributed by atoms with Gasteiger partial charge in [0.25, 0.3) is 5.91 Å². The lowest BCUT2D eigenvalue weighted by Crippen LogP contribution is -2.49. The van der Waals surface area contributed by atoms with E-state index in [1.165, 1.54) is 30.0 Å². The first kappa shape index (κ1) is 26.3. The number of hydrogen-bond donors (Lipinski definition) is 3. The van der Waals surface area contributed by atoms with Crippen molar-refractivity contribution < 1.29 is 32.2 Å². The predicted octanol–water partition coefficient (Wildman–Crippen LogP) is 2.70. The third kappa shape index (κ3) is 5.31. The molecule has 1 unspecified atom stereocenters. The molecule has 0 bridgehead atoms. The SMILES string of the molecule is C[C@@H](NC(=O)c1cc(N2CCC(NC3COC[C@@H]3O)CC2)c2ncnn2c1)c1cccc(C(F)(F)F)c1F. The standard InChI is InChI=1S/C25H28F4N6O3/c1-14(17-3-2-4-18(22(17)26)25(27,28)29)32-24(37)15-9-20(23-30-13-31-35(23)10-15)34-7-5-16(6-8-34)33-19-11-38-12-21(19)36/h2-4,9-10,13-14,16,19,21,33,36H,5-8,11-12H2,1H3,(H,32,37)/t14-,19?,21+/m1/s1. The molecule has 38 heavy (non-hydrogen) atoms. The van der Waals surface area contributed by atoms with Crippen LogP contribution in [0.1, 0.15) is 47.3 Å². The van der Waals surface area contributed by atoms with E-state index < -0.39 is 35.6 Å². The Morgan fingerprint density at radius 2 is 2.00 bits per heavy atom. The number of benzene rings is 1. The molecule has 2 aliphatic rings. The number of halogens is 4.